The number of aromatic nitrogens is 2. The topological polar surface area (TPSA) is 84.7 Å². The zero-order valence-electron chi connectivity index (χ0n) is 23.4. The van der Waals surface area contributed by atoms with Gasteiger partial charge in [-0.25, -0.2) is 13.4 Å². The van der Waals surface area contributed by atoms with Crippen molar-refractivity contribution in [1.29, 1.82) is 0 Å². The van der Waals surface area contributed by atoms with E-state index in [-0.39, 0.29) is 22.9 Å². The van der Waals surface area contributed by atoms with E-state index >= 15 is 0 Å². The zero-order valence-corrected chi connectivity index (χ0v) is 24.2. The molecular formula is C31H40N4O4S. The van der Waals surface area contributed by atoms with Crippen LogP contribution in [0.4, 0.5) is 0 Å². The van der Waals surface area contributed by atoms with Crippen LogP contribution in [-0.4, -0.2) is 73.1 Å². The van der Waals surface area contributed by atoms with E-state index in [4.69, 9.17) is 4.74 Å². The summed E-state index contributed by atoms with van der Waals surface area (Å²) in [4.78, 5) is 22.4. The van der Waals surface area contributed by atoms with E-state index in [0.29, 0.717) is 31.9 Å². The highest BCUT2D eigenvalue weighted by molar-refractivity contribution is 7.90. The number of morpholine rings is 1. The van der Waals surface area contributed by atoms with Crippen molar-refractivity contribution >= 4 is 15.7 Å². The number of aryl methyl sites for hydroxylation is 1. The van der Waals surface area contributed by atoms with Crippen LogP contribution in [0.15, 0.2) is 66.0 Å². The van der Waals surface area contributed by atoms with Crippen LogP contribution in [0.25, 0.3) is 0 Å². The first-order chi connectivity index (χ1) is 19.4. The standard InChI is InChI=1S/C31H40N4O4S/c1-25-9-8-10-26(21-25)24-40(37,38)31-32-22-29(35(31)28-13-6-3-7-14-28)23-34(16-15-33-17-19-39-20-18-33)30(36)27-11-4-2-5-12-27/h2,4-5,8-12,21-22,28H,3,6-7,13-20,23-24H2,1H3. The van der Waals surface area contributed by atoms with Crippen molar-refractivity contribution in [2.24, 2.45) is 0 Å². The van der Waals surface area contributed by atoms with Gasteiger partial charge < -0.3 is 14.2 Å². The summed E-state index contributed by atoms with van der Waals surface area (Å²) in [5.74, 6) is -0.156. The fourth-order valence-corrected chi connectivity index (χ4v) is 7.36. The highest BCUT2D eigenvalue weighted by Crippen LogP contribution is 2.33. The van der Waals surface area contributed by atoms with Crippen molar-refractivity contribution in [2.75, 3.05) is 39.4 Å². The van der Waals surface area contributed by atoms with E-state index in [1.165, 1.54) is 0 Å². The summed E-state index contributed by atoms with van der Waals surface area (Å²) in [6.07, 6.45) is 6.78. The normalized spacial score (nSPS) is 17.1. The van der Waals surface area contributed by atoms with Gasteiger partial charge in [0, 0.05) is 37.8 Å². The van der Waals surface area contributed by atoms with Gasteiger partial charge in [-0.2, -0.15) is 0 Å². The summed E-state index contributed by atoms with van der Waals surface area (Å²) in [5.41, 5.74) is 3.19. The molecule has 2 heterocycles. The number of carbonyl (C=O) groups is 1. The summed E-state index contributed by atoms with van der Waals surface area (Å²) in [6.45, 7) is 6.62. The van der Waals surface area contributed by atoms with E-state index in [9.17, 15) is 13.2 Å². The SMILES string of the molecule is Cc1cccc(CS(=O)(=O)c2ncc(CN(CCN3CCOCC3)C(=O)c3ccccc3)n2C2CCCCC2)c1. The number of nitrogens with zero attached hydrogens (tertiary/aromatic N) is 4. The Kier molecular flexibility index (Phi) is 9.34. The molecule has 1 aliphatic heterocycles. The van der Waals surface area contributed by atoms with Gasteiger partial charge in [-0.1, -0.05) is 67.3 Å². The van der Waals surface area contributed by atoms with Crippen molar-refractivity contribution in [3.05, 3.63) is 83.2 Å². The van der Waals surface area contributed by atoms with Crippen molar-refractivity contribution in [1.82, 2.24) is 19.4 Å². The second-order valence-corrected chi connectivity index (χ2v) is 12.9. The molecule has 9 heteroatoms. The molecule has 0 N–H and O–H groups in total. The maximum Gasteiger partial charge on any atom is 0.254 e. The minimum atomic E-state index is -3.70. The van der Waals surface area contributed by atoms with Crippen molar-refractivity contribution < 1.29 is 17.9 Å². The van der Waals surface area contributed by atoms with Crippen LogP contribution < -0.4 is 0 Å². The van der Waals surface area contributed by atoms with Gasteiger partial charge in [0.05, 0.1) is 37.4 Å². The monoisotopic (exact) mass is 564 g/mol. The molecule has 8 nitrogen and oxygen atoms in total. The average Bonchev–Trinajstić information content (AvgIpc) is 3.41. The second kappa shape index (κ2) is 13.1. The van der Waals surface area contributed by atoms with E-state index in [1.807, 2.05) is 71.0 Å². The number of benzene rings is 2. The van der Waals surface area contributed by atoms with Crippen molar-refractivity contribution in [3.63, 3.8) is 0 Å². The van der Waals surface area contributed by atoms with Gasteiger partial charge in [-0.3, -0.25) is 9.69 Å². The van der Waals surface area contributed by atoms with Gasteiger partial charge in [0.2, 0.25) is 15.0 Å². The highest BCUT2D eigenvalue weighted by atomic mass is 32.2. The summed E-state index contributed by atoms with van der Waals surface area (Å²) in [7, 11) is -3.70. The van der Waals surface area contributed by atoms with E-state index < -0.39 is 9.84 Å². The Morgan fingerprint density at radius 3 is 2.50 bits per heavy atom. The number of rotatable bonds is 10. The van der Waals surface area contributed by atoms with Gasteiger partial charge in [-0.15, -0.1) is 0 Å². The fourth-order valence-electron chi connectivity index (χ4n) is 5.84. The minimum Gasteiger partial charge on any atom is -0.379 e. The molecule has 1 aliphatic carbocycles. The van der Waals surface area contributed by atoms with Crippen LogP contribution in [0.3, 0.4) is 0 Å². The van der Waals surface area contributed by atoms with Crippen molar-refractivity contribution in [2.45, 2.75) is 62.5 Å². The Hall–Kier alpha value is -3.01. The van der Waals surface area contributed by atoms with Crippen LogP contribution in [0.2, 0.25) is 0 Å². The second-order valence-electron chi connectivity index (χ2n) is 11.0. The quantitative estimate of drug-likeness (QED) is 0.357. The molecule has 0 bridgehead atoms. The zero-order chi connectivity index (χ0) is 28.0. The number of ether oxygens (including phenoxy) is 1. The minimum absolute atomic E-state index is 0.0569. The molecule has 0 radical (unpaired) electrons. The Labute approximate surface area is 237 Å². The lowest BCUT2D eigenvalue weighted by Crippen LogP contribution is -2.43. The molecule has 1 aromatic heterocycles. The Morgan fingerprint density at radius 2 is 1.77 bits per heavy atom. The van der Waals surface area contributed by atoms with Crippen molar-refractivity contribution in [3.8, 4) is 0 Å². The predicted molar refractivity (Wildman–Crippen MR) is 155 cm³/mol. The number of carbonyl (C=O) groups excluding carboxylic acids is 1. The fraction of sp³-hybridized carbons (Fsp3) is 0.484. The summed E-state index contributed by atoms with van der Waals surface area (Å²) < 4.78 is 35.0. The summed E-state index contributed by atoms with van der Waals surface area (Å²) in [6, 6.07) is 17.0. The number of imidazole rings is 1. The molecule has 214 valence electrons. The molecular weight excluding hydrogens is 524 g/mol. The van der Waals surface area contributed by atoms with Crippen LogP contribution in [0.5, 0.6) is 0 Å². The Morgan fingerprint density at radius 1 is 1.02 bits per heavy atom. The molecule has 1 saturated carbocycles. The van der Waals surface area contributed by atoms with E-state index in [0.717, 1.165) is 68.6 Å². The lowest BCUT2D eigenvalue weighted by Gasteiger charge is -2.31. The maximum absolute atomic E-state index is 13.8. The molecule has 3 aromatic rings. The maximum atomic E-state index is 13.8. The molecule has 0 atom stereocenters. The van der Waals surface area contributed by atoms with Crippen LogP contribution in [0, 0.1) is 6.92 Å². The molecule has 1 amide bonds. The van der Waals surface area contributed by atoms with Crippen LogP contribution in [0.1, 0.15) is 65.3 Å². The molecule has 2 fully saturated rings. The molecule has 40 heavy (non-hydrogen) atoms. The number of amides is 1. The highest BCUT2D eigenvalue weighted by Gasteiger charge is 2.30. The van der Waals surface area contributed by atoms with Crippen LogP contribution >= 0.6 is 0 Å². The summed E-state index contributed by atoms with van der Waals surface area (Å²) in [5, 5.41) is 0.121. The predicted octanol–water partition coefficient (Wildman–Crippen LogP) is 4.65. The molecule has 2 aromatic carbocycles. The average molecular weight is 565 g/mol. The Bertz CT molecular complexity index is 1380. The molecule has 0 unspecified atom stereocenters. The largest absolute Gasteiger partial charge is 0.379 e. The smallest absolute Gasteiger partial charge is 0.254 e. The first-order valence-electron chi connectivity index (χ1n) is 14.4. The first kappa shape index (κ1) is 28.5. The lowest BCUT2D eigenvalue weighted by molar-refractivity contribution is 0.0318. The van der Waals surface area contributed by atoms with Gasteiger partial charge in [0.15, 0.2) is 0 Å². The van der Waals surface area contributed by atoms with Gasteiger partial charge in [0.25, 0.3) is 5.91 Å². The first-order valence-corrected chi connectivity index (χ1v) is 16.0. The number of hydrogen-bond donors (Lipinski definition) is 0. The van der Waals surface area contributed by atoms with E-state index in [1.54, 1.807) is 6.20 Å². The summed E-state index contributed by atoms with van der Waals surface area (Å²) >= 11 is 0. The van der Waals surface area contributed by atoms with Gasteiger partial charge in [0.1, 0.15) is 0 Å². The van der Waals surface area contributed by atoms with Crippen LogP contribution in [-0.2, 0) is 26.9 Å². The lowest BCUT2D eigenvalue weighted by atomic mass is 9.95. The molecule has 0 spiro atoms. The van der Waals surface area contributed by atoms with Gasteiger partial charge in [-0.05, 0) is 37.5 Å². The third kappa shape index (κ3) is 7.00. The third-order valence-corrected chi connectivity index (χ3v) is 9.52. The molecule has 5 rings (SSSR count). The number of hydrogen-bond acceptors (Lipinski definition) is 6. The molecule has 2 aliphatic rings. The third-order valence-electron chi connectivity index (χ3n) is 7.95. The van der Waals surface area contributed by atoms with E-state index in [2.05, 4.69) is 9.88 Å². The van der Waals surface area contributed by atoms with Gasteiger partial charge >= 0.3 is 0 Å². The molecule has 1 saturated heterocycles. The Balaban J connectivity index is 1.46. The number of sulfone groups is 1.